The Morgan fingerprint density at radius 2 is 1.71 bits per heavy atom. The van der Waals surface area contributed by atoms with E-state index in [4.69, 9.17) is 0 Å². The van der Waals surface area contributed by atoms with Crippen LogP contribution in [-0.4, -0.2) is 41.3 Å². The maximum absolute atomic E-state index is 14.3. The van der Waals surface area contributed by atoms with E-state index in [9.17, 15) is 26.3 Å². The standard InChI is InChI=1S/C19H15F6N3/c20-11-5-14(22)17(15(23)6-11)13-4-12(21)8-27-18(13)10-3-16(26-7-10)28-2-1-19(24,25)9-28/h4-6,8,10H,1-3,7,9H2. The van der Waals surface area contributed by atoms with Crippen molar-refractivity contribution in [2.24, 2.45) is 4.99 Å². The van der Waals surface area contributed by atoms with E-state index in [0.717, 1.165) is 12.3 Å². The number of likely N-dealkylation sites (tertiary alicyclic amines) is 1. The van der Waals surface area contributed by atoms with Gasteiger partial charge in [-0.1, -0.05) is 0 Å². The van der Waals surface area contributed by atoms with Crippen LogP contribution in [0.1, 0.15) is 24.5 Å². The van der Waals surface area contributed by atoms with Gasteiger partial charge in [-0.15, -0.1) is 0 Å². The van der Waals surface area contributed by atoms with Crippen molar-refractivity contribution in [1.29, 1.82) is 0 Å². The number of nitrogens with zero attached hydrogens (tertiary/aromatic N) is 3. The first-order valence-corrected chi connectivity index (χ1v) is 8.70. The largest absolute Gasteiger partial charge is 0.354 e. The summed E-state index contributed by atoms with van der Waals surface area (Å²) in [5.41, 5.74) is -0.525. The minimum absolute atomic E-state index is 0.136. The second-order valence-corrected chi connectivity index (χ2v) is 7.02. The van der Waals surface area contributed by atoms with Crippen LogP contribution >= 0.6 is 0 Å². The van der Waals surface area contributed by atoms with E-state index >= 15 is 0 Å². The first-order valence-electron chi connectivity index (χ1n) is 8.70. The summed E-state index contributed by atoms with van der Waals surface area (Å²) in [4.78, 5) is 9.76. The van der Waals surface area contributed by atoms with Crippen molar-refractivity contribution in [2.75, 3.05) is 19.6 Å². The van der Waals surface area contributed by atoms with Gasteiger partial charge in [-0.25, -0.2) is 26.3 Å². The van der Waals surface area contributed by atoms with Crippen molar-refractivity contribution >= 4 is 5.84 Å². The van der Waals surface area contributed by atoms with E-state index < -0.39 is 47.2 Å². The Hall–Kier alpha value is -2.58. The van der Waals surface area contributed by atoms with Gasteiger partial charge >= 0.3 is 0 Å². The lowest BCUT2D eigenvalue weighted by Crippen LogP contribution is -2.30. The van der Waals surface area contributed by atoms with Crippen molar-refractivity contribution in [3.05, 3.63) is 53.4 Å². The quantitative estimate of drug-likeness (QED) is 0.695. The molecule has 1 unspecified atom stereocenters. The molecule has 3 nitrogen and oxygen atoms in total. The molecule has 0 spiro atoms. The Morgan fingerprint density at radius 1 is 1.00 bits per heavy atom. The number of amidine groups is 1. The minimum atomic E-state index is -2.78. The molecule has 0 aliphatic carbocycles. The Morgan fingerprint density at radius 3 is 2.36 bits per heavy atom. The zero-order valence-electron chi connectivity index (χ0n) is 14.5. The second-order valence-electron chi connectivity index (χ2n) is 7.02. The molecule has 0 saturated carbocycles. The molecule has 0 bridgehead atoms. The zero-order chi connectivity index (χ0) is 20.1. The molecule has 1 fully saturated rings. The average Bonchev–Trinajstić information content (AvgIpc) is 3.20. The molecular formula is C19H15F6N3. The molecular weight excluding hydrogens is 384 g/mol. The second kappa shape index (κ2) is 6.79. The van der Waals surface area contributed by atoms with Crippen LogP contribution in [0.15, 0.2) is 29.4 Å². The maximum Gasteiger partial charge on any atom is 0.266 e. The van der Waals surface area contributed by atoms with Crippen LogP contribution in [-0.2, 0) is 0 Å². The Labute approximate surface area is 156 Å². The number of alkyl halides is 2. The zero-order valence-corrected chi connectivity index (χ0v) is 14.5. The van der Waals surface area contributed by atoms with Gasteiger partial charge in [0.1, 0.15) is 23.3 Å². The third-order valence-electron chi connectivity index (χ3n) is 5.01. The van der Waals surface area contributed by atoms with Crippen LogP contribution in [0.25, 0.3) is 11.1 Å². The summed E-state index contributed by atoms with van der Waals surface area (Å²) in [6.07, 6.45) is 0.898. The lowest BCUT2D eigenvalue weighted by Gasteiger charge is -2.19. The monoisotopic (exact) mass is 399 g/mol. The summed E-state index contributed by atoms with van der Waals surface area (Å²) in [5, 5.41) is 0. The van der Waals surface area contributed by atoms with Crippen LogP contribution in [0, 0.1) is 23.3 Å². The van der Waals surface area contributed by atoms with Gasteiger partial charge in [-0.2, -0.15) is 0 Å². The van der Waals surface area contributed by atoms with Gasteiger partial charge in [-0.3, -0.25) is 9.98 Å². The highest BCUT2D eigenvalue weighted by molar-refractivity contribution is 5.86. The van der Waals surface area contributed by atoms with Gasteiger partial charge < -0.3 is 4.90 Å². The molecule has 1 saturated heterocycles. The number of benzene rings is 1. The normalized spacial score (nSPS) is 21.3. The van der Waals surface area contributed by atoms with Crippen molar-refractivity contribution in [3.63, 3.8) is 0 Å². The molecule has 28 heavy (non-hydrogen) atoms. The van der Waals surface area contributed by atoms with Gasteiger partial charge in [0.15, 0.2) is 0 Å². The number of aromatic nitrogens is 1. The highest BCUT2D eigenvalue weighted by atomic mass is 19.3. The fourth-order valence-electron chi connectivity index (χ4n) is 3.71. The molecule has 0 N–H and O–H groups in total. The molecule has 2 aliphatic rings. The summed E-state index contributed by atoms with van der Waals surface area (Å²) in [6, 6.07) is 1.95. The van der Waals surface area contributed by atoms with Gasteiger partial charge in [0, 0.05) is 49.5 Å². The third kappa shape index (κ3) is 3.45. The molecule has 0 amide bonds. The van der Waals surface area contributed by atoms with Crippen LogP contribution in [0.3, 0.4) is 0 Å². The van der Waals surface area contributed by atoms with Gasteiger partial charge in [0.2, 0.25) is 0 Å². The third-order valence-corrected chi connectivity index (χ3v) is 5.01. The molecule has 2 aliphatic heterocycles. The molecule has 2 aromatic rings. The summed E-state index contributed by atoms with van der Waals surface area (Å²) >= 11 is 0. The topological polar surface area (TPSA) is 28.5 Å². The van der Waals surface area contributed by atoms with Crippen molar-refractivity contribution in [2.45, 2.75) is 24.7 Å². The lowest BCUT2D eigenvalue weighted by atomic mass is 9.93. The Bertz CT molecular complexity index is 936. The van der Waals surface area contributed by atoms with Crippen LogP contribution in [0.2, 0.25) is 0 Å². The van der Waals surface area contributed by atoms with Crippen LogP contribution in [0.4, 0.5) is 26.3 Å². The maximum atomic E-state index is 14.3. The van der Waals surface area contributed by atoms with E-state index in [2.05, 4.69) is 9.98 Å². The fraction of sp³-hybridized carbons (Fsp3) is 0.368. The lowest BCUT2D eigenvalue weighted by molar-refractivity contribution is 0.0174. The number of halogens is 6. The van der Waals surface area contributed by atoms with E-state index in [1.165, 1.54) is 4.90 Å². The predicted octanol–water partition coefficient (Wildman–Crippen LogP) is 4.53. The molecule has 1 aromatic carbocycles. The van der Waals surface area contributed by atoms with E-state index in [1.54, 1.807) is 0 Å². The van der Waals surface area contributed by atoms with E-state index in [0.29, 0.717) is 18.0 Å². The minimum Gasteiger partial charge on any atom is -0.354 e. The van der Waals surface area contributed by atoms with E-state index in [1.807, 2.05) is 0 Å². The predicted molar refractivity (Wildman–Crippen MR) is 90.3 cm³/mol. The summed E-state index contributed by atoms with van der Waals surface area (Å²) in [6.45, 7) is -0.0829. The van der Waals surface area contributed by atoms with Gasteiger partial charge in [0.25, 0.3) is 5.92 Å². The first-order chi connectivity index (χ1) is 13.2. The number of rotatable bonds is 2. The molecule has 4 rings (SSSR count). The van der Waals surface area contributed by atoms with Crippen molar-refractivity contribution < 1.29 is 26.3 Å². The fourth-order valence-corrected chi connectivity index (χ4v) is 3.71. The van der Waals surface area contributed by atoms with E-state index in [-0.39, 0.29) is 37.2 Å². The SMILES string of the molecule is Fc1cc(F)c(-c2cc(F)cnc2C2CN=C(N3CCC(F)(F)C3)C2)c(F)c1. The summed E-state index contributed by atoms with van der Waals surface area (Å²) < 4.78 is 82.4. The summed E-state index contributed by atoms with van der Waals surface area (Å²) in [7, 11) is 0. The molecule has 1 atom stereocenters. The Kier molecular flexibility index (Phi) is 4.55. The van der Waals surface area contributed by atoms with Gasteiger partial charge in [0.05, 0.1) is 29.8 Å². The first kappa shape index (κ1) is 18.8. The molecule has 0 radical (unpaired) electrons. The van der Waals surface area contributed by atoms with Crippen LogP contribution < -0.4 is 0 Å². The number of hydrogen-bond donors (Lipinski definition) is 0. The number of aliphatic imine (C=N–C) groups is 1. The molecule has 3 heterocycles. The number of pyridine rings is 1. The summed E-state index contributed by atoms with van der Waals surface area (Å²) in [5.74, 6) is -7.01. The molecule has 9 heteroatoms. The smallest absolute Gasteiger partial charge is 0.266 e. The highest BCUT2D eigenvalue weighted by Crippen LogP contribution is 2.37. The van der Waals surface area contributed by atoms with Crippen molar-refractivity contribution in [1.82, 2.24) is 9.88 Å². The van der Waals surface area contributed by atoms with Gasteiger partial charge in [-0.05, 0) is 6.07 Å². The van der Waals surface area contributed by atoms with Crippen LogP contribution in [0.5, 0.6) is 0 Å². The number of hydrogen-bond acceptors (Lipinski definition) is 3. The highest BCUT2D eigenvalue weighted by Gasteiger charge is 2.41. The van der Waals surface area contributed by atoms with Crippen molar-refractivity contribution in [3.8, 4) is 11.1 Å². The molecule has 148 valence electrons. The molecule has 1 aromatic heterocycles. The Balaban J connectivity index is 1.66. The average molecular weight is 399 g/mol.